The molecule has 9 heteroatoms. The first kappa shape index (κ1) is 22.0. The van der Waals surface area contributed by atoms with Gasteiger partial charge in [-0.1, -0.05) is 12.8 Å². The summed E-state index contributed by atoms with van der Waals surface area (Å²) < 4.78 is 58.9. The van der Waals surface area contributed by atoms with E-state index >= 15 is 0 Å². The SMILES string of the molecule is CCOC(=O)C(C=NC1(CCO)CCCC1)C(=O)c1cc(F)c(F)c(F)c1F. The van der Waals surface area contributed by atoms with Crippen LogP contribution in [-0.2, 0) is 9.53 Å². The maximum Gasteiger partial charge on any atom is 0.322 e. The zero-order valence-corrected chi connectivity index (χ0v) is 15.3. The summed E-state index contributed by atoms with van der Waals surface area (Å²) in [5.74, 6) is -12.0. The number of aliphatic hydroxyl groups is 1. The number of carbonyl (C=O) groups excluding carboxylic acids is 2. The number of benzene rings is 1. The van der Waals surface area contributed by atoms with E-state index in [2.05, 4.69) is 4.99 Å². The van der Waals surface area contributed by atoms with Gasteiger partial charge in [-0.2, -0.15) is 0 Å². The second kappa shape index (κ2) is 9.27. The van der Waals surface area contributed by atoms with Gasteiger partial charge in [0.2, 0.25) is 0 Å². The number of halogens is 4. The Balaban J connectivity index is 2.42. The third-order valence-corrected chi connectivity index (χ3v) is 4.80. The molecule has 1 aromatic carbocycles. The number of ether oxygens (including phenoxy) is 1. The molecule has 1 saturated carbocycles. The lowest BCUT2D eigenvalue weighted by Crippen LogP contribution is -2.31. The number of nitrogens with zero attached hydrogens (tertiary/aromatic N) is 1. The summed E-state index contributed by atoms with van der Waals surface area (Å²) in [6, 6.07) is 0.204. The third kappa shape index (κ3) is 4.57. The van der Waals surface area contributed by atoms with Gasteiger partial charge in [-0.05, 0) is 32.3 Å². The van der Waals surface area contributed by atoms with Crippen LogP contribution in [0.5, 0.6) is 0 Å². The first-order valence-corrected chi connectivity index (χ1v) is 8.96. The summed E-state index contributed by atoms with van der Waals surface area (Å²) >= 11 is 0. The molecule has 2 rings (SSSR count). The third-order valence-electron chi connectivity index (χ3n) is 4.80. The maximum absolute atomic E-state index is 14.0. The van der Waals surface area contributed by atoms with Crippen LogP contribution < -0.4 is 0 Å². The van der Waals surface area contributed by atoms with Crippen LogP contribution in [0.3, 0.4) is 0 Å². The minimum absolute atomic E-state index is 0.0904. The van der Waals surface area contributed by atoms with Gasteiger partial charge in [0.15, 0.2) is 35.0 Å². The van der Waals surface area contributed by atoms with Crippen LogP contribution in [0.1, 0.15) is 49.4 Å². The number of rotatable bonds is 8. The van der Waals surface area contributed by atoms with Gasteiger partial charge in [0.05, 0.1) is 17.7 Å². The Morgan fingerprint density at radius 2 is 1.86 bits per heavy atom. The molecule has 0 spiro atoms. The second-order valence-electron chi connectivity index (χ2n) is 6.63. The van der Waals surface area contributed by atoms with Crippen molar-refractivity contribution in [3.63, 3.8) is 0 Å². The van der Waals surface area contributed by atoms with Gasteiger partial charge in [0.25, 0.3) is 0 Å². The second-order valence-corrected chi connectivity index (χ2v) is 6.63. The van der Waals surface area contributed by atoms with E-state index in [9.17, 15) is 32.3 Å². The molecule has 0 aliphatic heterocycles. The van der Waals surface area contributed by atoms with E-state index in [1.807, 2.05) is 0 Å². The van der Waals surface area contributed by atoms with E-state index in [-0.39, 0.29) is 19.3 Å². The number of esters is 1. The molecule has 1 N–H and O–H groups in total. The molecule has 0 heterocycles. The Morgan fingerprint density at radius 3 is 2.43 bits per heavy atom. The molecule has 0 radical (unpaired) electrons. The predicted octanol–water partition coefficient (Wildman–Crippen LogP) is 3.37. The molecule has 0 bridgehead atoms. The van der Waals surface area contributed by atoms with Gasteiger partial charge in [0, 0.05) is 12.8 Å². The van der Waals surface area contributed by atoms with Crippen molar-refractivity contribution in [2.45, 2.75) is 44.6 Å². The summed E-state index contributed by atoms with van der Waals surface area (Å²) in [7, 11) is 0. The highest BCUT2D eigenvalue weighted by Gasteiger charge is 2.36. The first-order valence-electron chi connectivity index (χ1n) is 8.96. The number of ketones is 1. The standard InChI is InChI=1S/C19H21F4NO4/c1-2-28-18(27)12(10-24-19(7-8-25)5-3-4-6-19)17(26)11-9-13(20)15(22)16(23)14(11)21/h9-10,12,25H,2-8H2,1H3. The van der Waals surface area contributed by atoms with E-state index in [4.69, 9.17) is 4.74 Å². The molecular weight excluding hydrogens is 382 g/mol. The highest BCUT2D eigenvalue weighted by molar-refractivity contribution is 6.18. The van der Waals surface area contributed by atoms with Crippen LogP contribution in [0, 0.1) is 29.2 Å². The van der Waals surface area contributed by atoms with Crippen molar-refractivity contribution in [1.82, 2.24) is 0 Å². The lowest BCUT2D eigenvalue weighted by atomic mass is 9.93. The molecular formula is C19H21F4NO4. The van der Waals surface area contributed by atoms with Crippen molar-refractivity contribution in [1.29, 1.82) is 0 Å². The van der Waals surface area contributed by atoms with Crippen molar-refractivity contribution in [3.8, 4) is 0 Å². The topological polar surface area (TPSA) is 76.0 Å². The molecule has 0 aromatic heterocycles. The van der Waals surface area contributed by atoms with Crippen molar-refractivity contribution < 1.29 is 37.0 Å². The maximum atomic E-state index is 14.0. The zero-order chi connectivity index (χ0) is 20.9. The highest BCUT2D eigenvalue weighted by atomic mass is 19.2. The average Bonchev–Trinajstić information content (AvgIpc) is 3.12. The van der Waals surface area contributed by atoms with E-state index in [1.165, 1.54) is 6.92 Å². The molecule has 1 aliphatic carbocycles. The molecule has 0 amide bonds. The number of hydrogen-bond donors (Lipinski definition) is 1. The lowest BCUT2D eigenvalue weighted by molar-refractivity contribution is -0.144. The Bertz CT molecular complexity index is 776. The van der Waals surface area contributed by atoms with Crippen molar-refractivity contribution >= 4 is 18.0 Å². The molecule has 1 fully saturated rings. The van der Waals surface area contributed by atoms with Crippen molar-refractivity contribution in [2.75, 3.05) is 13.2 Å². The number of aliphatic hydroxyl groups excluding tert-OH is 1. The van der Waals surface area contributed by atoms with Gasteiger partial charge in [0.1, 0.15) is 0 Å². The fraction of sp³-hybridized carbons (Fsp3) is 0.526. The van der Waals surface area contributed by atoms with Crippen molar-refractivity contribution in [2.24, 2.45) is 10.9 Å². The molecule has 28 heavy (non-hydrogen) atoms. The number of Topliss-reactive ketones (excluding diaryl/α,β-unsaturated/α-hetero) is 1. The van der Waals surface area contributed by atoms with Crippen LogP contribution >= 0.6 is 0 Å². The highest BCUT2D eigenvalue weighted by Crippen LogP contribution is 2.36. The fourth-order valence-corrected chi connectivity index (χ4v) is 3.30. The van der Waals surface area contributed by atoms with Gasteiger partial charge in [-0.25, -0.2) is 17.6 Å². The largest absolute Gasteiger partial charge is 0.465 e. The van der Waals surface area contributed by atoms with E-state index in [0.29, 0.717) is 19.3 Å². The summed E-state index contributed by atoms with van der Waals surface area (Å²) in [6.07, 6.45) is 4.22. The lowest BCUT2D eigenvalue weighted by Gasteiger charge is -2.24. The molecule has 1 unspecified atom stereocenters. The summed E-state index contributed by atoms with van der Waals surface area (Å²) in [5.41, 5.74) is -1.78. The molecule has 1 aliphatic rings. The molecule has 1 aromatic rings. The van der Waals surface area contributed by atoms with Gasteiger partial charge in [-0.3, -0.25) is 14.6 Å². The number of aliphatic imine (C=N–C) groups is 1. The van der Waals surface area contributed by atoms with Crippen LogP contribution in [0.25, 0.3) is 0 Å². The molecule has 154 valence electrons. The number of hydrogen-bond acceptors (Lipinski definition) is 5. The molecule has 5 nitrogen and oxygen atoms in total. The number of carbonyl (C=O) groups is 2. The minimum Gasteiger partial charge on any atom is -0.465 e. The monoisotopic (exact) mass is 403 g/mol. The normalized spacial score (nSPS) is 17.1. The molecule has 1 atom stereocenters. The Kier molecular flexibility index (Phi) is 7.29. The van der Waals surface area contributed by atoms with Gasteiger partial charge < -0.3 is 9.84 Å². The summed E-state index contributed by atoms with van der Waals surface area (Å²) in [4.78, 5) is 29.1. The fourth-order valence-electron chi connectivity index (χ4n) is 3.30. The van der Waals surface area contributed by atoms with Crippen LogP contribution in [0.15, 0.2) is 11.1 Å². The summed E-state index contributed by atoms with van der Waals surface area (Å²) in [5, 5.41) is 9.26. The quantitative estimate of drug-likeness (QED) is 0.137. The Hall–Kier alpha value is -2.29. The van der Waals surface area contributed by atoms with Crippen LogP contribution in [-0.4, -0.2) is 41.8 Å². The Labute approximate surface area is 159 Å². The van der Waals surface area contributed by atoms with Crippen molar-refractivity contribution in [3.05, 3.63) is 34.9 Å². The first-order chi connectivity index (χ1) is 13.3. The zero-order valence-electron chi connectivity index (χ0n) is 15.3. The minimum atomic E-state index is -2.14. The Morgan fingerprint density at radius 1 is 1.21 bits per heavy atom. The van der Waals surface area contributed by atoms with Gasteiger partial charge >= 0.3 is 5.97 Å². The van der Waals surface area contributed by atoms with E-state index < -0.39 is 52.0 Å². The van der Waals surface area contributed by atoms with Gasteiger partial charge in [-0.15, -0.1) is 0 Å². The smallest absolute Gasteiger partial charge is 0.322 e. The predicted molar refractivity (Wildman–Crippen MR) is 92.1 cm³/mol. The van der Waals surface area contributed by atoms with Crippen LogP contribution in [0.2, 0.25) is 0 Å². The average molecular weight is 403 g/mol. The molecule has 0 saturated heterocycles. The van der Waals surface area contributed by atoms with E-state index in [1.54, 1.807) is 0 Å². The van der Waals surface area contributed by atoms with Crippen LogP contribution in [0.4, 0.5) is 17.6 Å². The summed E-state index contributed by atoms with van der Waals surface area (Å²) in [6.45, 7) is 1.24. The van der Waals surface area contributed by atoms with E-state index in [0.717, 1.165) is 19.1 Å².